The maximum Gasteiger partial charge on any atom is 0.178 e. The summed E-state index contributed by atoms with van der Waals surface area (Å²) in [5, 5.41) is 2.23. The van der Waals surface area contributed by atoms with Crippen LogP contribution >= 0.6 is 38.9 Å². The molecule has 17 heavy (non-hydrogen) atoms. The minimum atomic E-state index is -0.387. The van der Waals surface area contributed by atoms with Gasteiger partial charge < -0.3 is 0 Å². The van der Waals surface area contributed by atoms with Crippen LogP contribution in [0, 0.1) is 5.82 Å². The van der Waals surface area contributed by atoms with Crippen molar-refractivity contribution >= 4 is 44.7 Å². The molecule has 1 heterocycles. The summed E-state index contributed by atoms with van der Waals surface area (Å²) in [6, 6.07) is 5.84. The van der Waals surface area contributed by atoms with E-state index in [1.807, 2.05) is 11.4 Å². The van der Waals surface area contributed by atoms with Crippen molar-refractivity contribution in [2.45, 2.75) is 6.42 Å². The largest absolute Gasteiger partial charge is 0.293 e. The van der Waals surface area contributed by atoms with E-state index in [-0.39, 0.29) is 18.0 Å². The highest BCUT2D eigenvalue weighted by Crippen LogP contribution is 2.26. The molecule has 0 unspecified atom stereocenters. The van der Waals surface area contributed by atoms with Gasteiger partial charge in [-0.3, -0.25) is 4.79 Å². The lowest BCUT2D eigenvalue weighted by Crippen LogP contribution is -2.03. The van der Waals surface area contributed by atoms with Gasteiger partial charge in [0.1, 0.15) is 5.82 Å². The molecule has 0 N–H and O–H groups in total. The van der Waals surface area contributed by atoms with Gasteiger partial charge in [0.25, 0.3) is 0 Å². The molecule has 0 radical (unpaired) electrons. The van der Waals surface area contributed by atoms with Gasteiger partial charge in [0.05, 0.1) is 4.88 Å². The standard InChI is InChI=1S/C12H7BrClFOS/c13-9-3-4-17-12(9)11(16)6-7-5-8(15)1-2-10(7)14/h1-5H,6H2. The van der Waals surface area contributed by atoms with Gasteiger partial charge in [-0.15, -0.1) is 11.3 Å². The van der Waals surface area contributed by atoms with Gasteiger partial charge in [-0.05, 0) is 51.1 Å². The van der Waals surface area contributed by atoms with Crippen LogP contribution < -0.4 is 0 Å². The Balaban J connectivity index is 2.24. The van der Waals surface area contributed by atoms with Crippen LogP contribution in [0.15, 0.2) is 34.1 Å². The molecule has 0 fully saturated rings. The Kier molecular flexibility index (Phi) is 3.97. The molecular formula is C12H7BrClFOS. The van der Waals surface area contributed by atoms with Crippen molar-refractivity contribution in [3.8, 4) is 0 Å². The predicted molar refractivity (Wildman–Crippen MR) is 71.5 cm³/mol. The van der Waals surface area contributed by atoms with Crippen LogP contribution in [0.2, 0.25) is 5.02 Å². The molecule has 0 saturated heterocycles. The predicted octanol–water partition coefficient (Wildman–Crippen LogP) is 4.73. The first-order valence-corrected chi connectivity index (χ1v) is 6.83. The topological polar surface area (TPSA) is 17.1 Å². The van der Waals surface area contributed by atoms with Crippen LogP contribution in [0.4, 0.5) is 4.39 Å². The fourth-order valence-corrected chi connectivity index (χ4v) is 3.14. The first-order chi connectivity index (χ1) is 8.08. The molecule has 0 aliphatic carbocycles. The molecule has 88 valence electrons. The lowest BCUT2D eigenvalue weighted by molar-refractivity contribution is 0.0996. The molecule has 0 aliphatic rings. The SMILES string of the molecule is O=C(Cc1cc(F)ccc1Cl)c1sccc1Br. The van der Waals surface area contributed by atoms with Gasteiger partial charge in [-0.2, -0.15) is 0 Å². The summed E-state index contributed by atoms with van der Waals surface area (Å²) in [6.45, 7) is 0. The molecule has 1 nitrogen and oxygen atoms in total. The summed E-state index contributed by atoms with van der Waals surface area (Å²) >= 11 is 10.6. The van der Waals surface area contributed by atoms with E-state index in [1.165, 1.54) is 29.5 Å². The summed E-state index contributed by atoms with van der Waals surface area (Å²) in [4.78, 5) is 12.6. The van der Waals surface area contributed by atoms with Crippen LogP contribution in [0.5, 0.6) is 0 Å². The number of benzene rings is 1. The average molecular weight is 334 g/mol. The fraction of sp³-hybridized carbons (Fsp3) is 0.0833. The summed E-state index contributed by atoms with van der Waals surface area (Å²) in [5.41, 5.74) is 0.511. The van der Waals surface area contributed by atoms with E-state index in [1.54, 1.807) is 0 Å². The molecule has 0 spiro atoms. The Hall–Kier alpha value is -0.710. The van der Waals surface area contributed by atoms with Gasteiger partial charge in [0.15, 0.2) is 5.78 Å². The summed E-state index contributed by atoms with van der Waals surface area (Å²) < 4.78 is 13.8. The third kappa shape index (κ3) is 2.94. The van der Waals surface area contributed by atoms with Crippen molar-refractivity contribution in [2.75, 3.05) is 0 Å². The molecular weight excluding hydrogens is 327 g/mol. The van der Waals surface area contributed by atoms with Gasteiger partial charge in [0.2, 0.25) is 0 Å². The number of hydrogen-bond acceptors (Lipinski definition) is 2. The number of carbonyl (C=O) groups excluding carboxylic acids is 1. The Morgan fingerprint density at radius 3 is 2.82 bits per heavy atom. The zero-order valence-corrected chi connectivity index (χ0v) is 11.7. The number of Topliss-reactive ketones (excluding diaryl/α,β-unsaturated/α-hetero) is 1. The molecule has 5 heteroatoms. The van der Waals surface area contributed by atoms with Crippen LogP contribution in [0.1, 0.15) is 15.2 Å². The van der Waals surface area contributed by atoms with E-state index in [2.05, 4.69) is 15.9 Å². The Labute approximate surface area is 115 Å². The first kappa shape index (κ1) is 12.7. The molecule has 0 amide bonds. The minimum absolute atomic E-state index is 0.0700. The highest BCUT2D eigenvalue weighted by atomic mass is 79.9. The quantitative estimate of drug-likeness (QED) is 0.742. The zero-order valence-electron chi connectivity index (χ0n) is 8.54. The Morgan fingerprint density at radius 2 is 2.18 bits per heavy atom. The molecule has 1 aromatic carbocycles. The van der Waals surface area contributed by atoms with Crippen molar-refractivity contribution in [3.63, 3.8) is 0 Å². The maximum atomic E-state index is 13.0. The fourth-order valence-electron chi connectivity index (χ4n) is 1.42. The summed E-state index contributed by atoms with van der Waals surface area (Å²) in [5.74, 6) is -0.457. The number of rotatable bonds is 3. The molecule has 0 atom stereocenters. The number of carbonyl (C=O) groups is 1. The van der Waals surface area contributed by atoms with Crippen molar-refractivity contribution in [1.29, 1.82) is 0 Å². The number of ketones is 1. The van der Waals surface area contributed by atoms with E-state index < -0.39 is 0 Å². The average Bonchev–Trinajstić information content (AvgIpc) is 2.70. The second kappa shape index (κ2) is 5.29. The van der Waals surface area contributed by atoms with Gasteiger partial charge in [0, 0.05) is 15.9 Å². The molecule has 2 aromatic rings. The van der Waals surface area contributed by atoms with Crippen molar-refractivity contribution in [3.05, 3.63) is 55.4 Å². The third-order valence-electron chi connectivity index (χ3n) is 2.23. The molecule has 0 bridgehead atoms. The summed E-state index contributed by atoms with van der Waals surface area (Å²) in [7, 11) is 0. The van der Waals surface area contributed by atoms with E-state index >= 15 is 0 Å². The van der Waals surface area contributed by atoms with Crippen molar-refractivity contribution in [2.24, 2.45) is 0 Å². The smallest absolute Gasteiger partial charge is 0.178 e. The first-order valence-electron chi connectivity index (χ1n) is 4.78. The minimum Gasteiger partial charge on any atom is -0.293 e. The Bertz CT molecular complexity index is 567. The van der Waals surface area contributed by atoms with E-state index in [9.17, 15) is 9.18 Å². The van der Waals surface area contributed by atoms with Crippen LogP contribution in [0.3, 0.4) is 0 Å². The lowest BCUT2D eigenvalue weighted by Gasteiger charge is -2.03. The molecule has 2 rings (SSSR count). The zero-order chi connectivity index (χ0) is 12.4. The van der Waals surface area contributed by atoms with E-state index in [0.29, 0.717) is 15.5 Å². The van der Waals surface area contributed by atoms with Crippen molar-refractivity contribution in [1.82, 2.24) is 0 Å². The van der Waals surface area contributed by atoms with Gasteiger partial charge >= 0.3 is 0 Å². The van der Waals surface area contributed by atoms with Gasteiger partial charge in [-0.25, -0.2) is 4.39 Å². The second-order valence-electron chi connectivity index (χ2n) is 3.43. The molecule has 1 aromatic heterocycles. The highest BCUT2D eigenvalue weighted by Gasteiger charge is 2.14. The number of thiophene rings is 1. The monoisotopic (exact) mass is 332 g/mol. The second-order valence-corrected chi connectivity index (χ2v) is 5.61. The van der Waals surface area contributed by atoms with Crippen LogP contribution in [0.25, 0.3) is 0 Å². The van der Waals surface area contributed by atoms with E-state index in [0.717, 1.165) is 4.47 Å². The van der Waals surface area contributed by atoms with Crippen LogP contribution in [-0.4, -0.2) is 5.78 Å². The van der Waals surface area contributed by atoms with Gasteiger partial charge in [-0.1, -0.05) is 11.6 Å². The highest BCUT2D eigenvalue weighted by molar-refractivity contribution is 9.10. The maximum absolute atomic E-state index is 13.0. The van der Waals surface area contributed by atoms with Crippen LogP contribution in [-0.2, 0) is 6.42 Å². The van der Waals surface area contributed by atoms with Crippen molar-refractivity contribution < 1.29 is 9.18 Å². The molecule has 0 aliphatic heterocycles. The normalized spacial score (nSPS) is 10.5. The van der Waals surface area contributed by atoms with E-state index in [4.69, 9.17) is 11.6 Å². The lowest BCUT2D eigenvalue weighted by atomic mass is 10.1. The third-order valence-corrected chi connectivity index (χ3v) is 4.48. The summed E-state index contributed by atoms with van der Waals surface area (Å²) in [6.07, 6.45) is 0.107. The Morgan fingerprint density at radius 1 is 1.41 bits per heavy atom. The molecule has 0 saturated carbocycles. The number of hydrogen-bond donors (Lipinski definition) is 0. The number of halogens is 3.